The lowest BCUT2D eigenvalue weighted by Crippen LogP contribution is -2.45. The number of carbonyl (C=O) groups is 1. The largest absolute Gasteiger partial charge is 0.468 e. The smallest absolute Gasteiger partial charge is 0.319 e. The van der Waals surface area contributed by atoms with Gasteiger partial charge >= 0.3 is 6.03 Å². The van der Waals surface area contributed by atoms with Crippen molar-refractivity contribution in [3.05, 3.63) is 89.6 Å². The molecule has 0 spiro atoms. The summed E-state index contributed by atoms with van der Waals surface area (Å²) < 4.78 is 18.4. The van der Waals surface area contributed by atoms with Crippen LogP contribution in [-0.4, -0.2) is 42.0 Å². The lowest BCUT2D eigenvalue weighted by Gasteiger charge is -2.34. The summed E-state index contributed by atoms with van der Waals surface area (Å²) in [7, 11) is 0. The minimum absolute atomic E-state index is 0.287. The van der Waals surface area contributed by atoms with E-state index in [1.165, 1.54) is 17.7 Å². The highest BCUT2D eigenvalue weighted by molar-refractivity contribution is 5.89. The first-order chi connectivity index (χ1) is 15.1. The molecule has 1 aliphatic rings. The number of halogens is 1. The Hall–Kier alpha value is -3.16. The van der Waals surface area contributed by atoms with E-state index in [0.29, 0.717) is 6.54 Å². The number of nitrogens with zero attached hydrogens (tertiary/aromatic N) is 2. The van der Waals surface area contributed by atoms with E-state index in [4.69, 9.17) is 4.42 Å². The van der Waals surface area contributed by atoms with Crippen LogP contribution < -0.4 is 10.6 Å². The summed E-state index contributed by atoms with van der Waals surface area (Å²) in [5.41, 5.74) is 2.80. The van der Waals surface area contributed by atoms with Crippen molar-refractivity contribution in [3.8, 4) is 0 Å². The van der Waals surface area contributed by atoms with E-state index in [0.717, 1.165) is 56.3 Å². The first-order valence-electron chi connectivity index (χ1n) is 10.5. The van der Waals surface area contributed by atoms with Crippen LogP contribution in [0.1, 0.15) is 16.9 Å². The van der Waals surface area contributed by atoms with E-state index in [1.807, 2.05) is 36.4 Å². The zero-order chi connectivity index (χ0) is 21.5. The minimum atomic E-state index is -0.288. The predicted molar refractivity (Wildman–Crippen MR) is 118 cm³/mol. The van der Waals surface area contributed by atoms with Gasteiger partial charge in [0, 0.05) is 45.0 Å². The van der Waals surface area contributed by atoms with Crippen LogP contribution in [0.15, 0.2) is 71.3 Å². The van der Waals surface area contributed by atoms with Crippen molar-refractivity contribution in [2.75, 3.05) is 31.5 Å². The maximum Gasteiger partial charge on any atom is 0.319 e. The van der Waals surface area contributed by atoms with Gasteiger partial charge in [-0.25, -0.2) is 9.18 Å². The van der Waals surface area contributed by atoms with Gasteiger partial charge in [-0.1, -0.05) is 24.3 Å². The highest BCUT2D eigenvalue weighted by atomic mass is 19.1. The van der Waals surface area contributed by atoms with E-state index >= 15 is 0 Å². The van der Waals surface area contributed by atoms with Crippen molar-refractivity contribution >= 4 is 11.7 Å². The maximum absolute atomic E-state index is 12.9. The Balaban J connectivity index is 1.18. The number of benzene rings is 2. The quantitative estimate of drug-likeness (QED) is 0.603. The molecule has 1 fully saturated rings. The third kappa shape index (κ3) is 6.41. The Morgan fingerprint density at radius 3 is 2.16 bits per heavy atom. The number of amides is 2. The zero-order valence-electron chi connectivity index (χ0n) is 17.4. The number of hydrogen-bond donors (Lipinski definition) is 2. The second-order valence-electron chi connectivity index (χ2n) is 7.76. The first-order valence-corrected chi connectivity index (χ1v) is 10.5. The summed E-state index contributed by atoms with van der Waals surface area (Å²) in [4.78, 5) is 16.9. The summed E-state index contributed by atoms with van der Waals surface area (Å²) in [6.45, 7) is 6.19. The number of nitrogens with one attached hydrogen (secondary N) is 2. The predicted octanol–water partition coefficient (Wildman–Crippen LogP) is 4.06. The Bertz CT molecular complexity index is 950. The molecule has 0 atom stereocenters. The van der Waals surface area contributed by atoms with Gasteiger partial charge in [0.25, 0.3) is 0 Å². The van der Waals surface area contributed by atoms with Crippen molar-refractivity contribution < 1.29 is 13.6 Å². The normalized spacial score (nSPS) is 15.0. The maximum atomic E-state index is 12.9. The number of rotatable bonds is 7. The fraction of sp³-hybridized carbons (Fsp3) is 0.292. The lowest BCUT2D eigenvalue weighted by molar-refractivity contribution is 0.116. The second kappa shape index (κ2) is 10.2. The third-order valence-corrected chi connectivity index (χ3v) is 5.41. The molecule has 6 nitrogen and oxygen atoms in total. The van der Waals surface area contributed by atoms with E-state index in [-0.39, 0.29) is 11.8 Å². The van der Waals surface area contributed by atoms with Gasteiger partial charge in [-0.15, -0.1) is 0 Å². The molecule has 2 amide bonds. The van der Waals surface area contributed by atoms with Gasteiger partial charge in [-0.3, -0.25) is 9.80 Å². The summed E-state index contributed by atoms with van der Waals surface area (Å²) in [6, 6.07) is 17.7. The van der Waals surface area contributed by atoms with E-state index in [1.54, 1.807) is 18.4 Å². The van der Waals surface area contributed by atoms with Gasteiger partial charge in [0.2, 0.25) is 0 Å². The minimum Gasteiger partial charge on any atom is -0.468 e. The van der Waals surface area contributed by atoms with Gasteiger partial charge < -0.3 is 15.1 Å². The highest BCUT2D eigenvalue weighted by Crippen LogP contribution is 2.14. The Morgan fingerprint density at radius 1 is 0.871 bits per heavy atom. The van der Waals surface area contributed by atoms with Crippen molar-refractivity contribution in [1.82, 2.24) is 15.1 Å². The molecule has 0 unspecified atom stereocenters. The van der Waals surface area contributed by atoms with Crippen molar-refractivity contribution in [1.29, 1.82) is 0 Å². The monoisotopic (exact) mass is 422 g/mol. The van der Waals surface area contributed by atoms with Crippen LogP contribution in [0.4, 0.5) is 14.9 Å². The number of anilines is 1. The van der Waals surface area contributed by atoms with Crippen LogP contribution in [-0.2, 0) is 19.6 Å². The van der Waals surface area contributed by atoms with Gasteiger partial charge in [0.1, 0.15) is 11.6 Å². The fourth-order valence-electron chi connectivity index (χ4n) is 3.64. The van der Waals surface area contributed by atoms with Crippen LogP contribution in [0.25, 0.3) is 0 Å². The topological polar surface area (TPSA) is 60.8 Å². The van der Waals surface area contributed by atoms with Gasteiger partial charge in [-0.2, -0.15) is 0 Å². The molecule has 0 bridgehead atoms. The van der Waals surface area contributed by atoms with Crippen LogP contribution >= 0.6 is 0 Å². The average molecular weight is 423 g/mol. The standard InChI is InChI=1S/C24H27FN4O2/c25-21-7-3-19(4-8-21)16-26-24(30)27-22-9-5-20(6-10-22)17-28-11-13-29(14-12-28)18-23-2-1-15-31-23/h1-10,15H,11-14,16-18H2,(H2,26,27,30). The molecule has 0 saturated carbocycles. The van der Waals surface area contributed by atoms with Crippen molar-refractivity contribution in [2.24, 2.45) is 0 Å². The molecule has 31 heavy (non-hydrogen) atoms. The summed E-state index contributed by atoms with van der Waals surface area (Å²) >= 11 is 0. The Labute approximate surface area is 181 Å². The van der Waals surface area contributed by atoms with Gasteiger partial charge in [-0.05, 0) is 47.5 Å². The van der Waals surface area contributed by atoms with E-state index in [9.17, 15) is 9.18 Å². The van der Waals surface area contributed by atoms with Crippen LogP contribution in [0, 0.1) is 5.82 Å². The average Bonchev–Trinajstić information content (AvgIpc) is 3.29. The molecule has 2 N–H and O–H groups in total. The number of hydrogen-bond acceptors (Lipinski definition) is 4. The fourth-order valence-corrected chi connectivity index (χ4v) is 3.64. The Morgan fingerprint density at radius 2 is 1.52 bits per heavy atom. The zero-order valence-corrected chi connectivity index (χ0v) is 17.4. The number of furan rings is 1. The van der Waals surface area contributed by atoms with Crippen LogP contribution in [0.3, 0.4) is 0 Å². The molecule has 162 valence electrons. The molecular formula is C24H27FN4O2. The molecule has 7 heteroatoms. The van der Waals surface area contributed by atoms with E-state index < -0.39 is 0 Å². The SMILES string of the molecule is O=C(NCc1ccc(F)cc1)Nc1ccc(CN2CCN(Cc3ccco3)CC2)cc1. The van der Waals surface area contributed by atoms with Crippen LogP contribution in [0.2, 0.25) is 0 Å². The first kappa shape index (κ1) is 21.1. The molecule has 2 aromatic carbocycles. The molecule has 1 saturated heterocycles. The third-order valence-electron chi connectivity index (χ3n) is 5.41. The van der Waals surface area contributed by atoms with Crippen molar-refractivity contribution in [2.45, 2.75) is 19.6 Å². The molecular weight excluding hydrogens is 395 g/mol. The molecule has 0 radical (unpaired) electrons. The molecule has 3 aromatic rings. The Kier molecular flexibility index (Phi) is 6.96. The second-order valence-corrected chi connectivity index (χ2v) is 7.76. The van der Waals surface area contributed by atoms with Crippen LogP contribution in [0.5, 0.6) is 0 Å². The summed E-state index contributed by atoms with van der Waals surface area (Å²) in [5.74, 6) is 0.724. The summed E-state index contributed by atoms with van der Waals surface area (Å²) in [5, 5.41) is 5.60. The van der Waals surface area contributed by atoms with Gasteiger partial charge in [0.05, 0.1) is 12.8 Å². The van der Waals surface area contributed by atoms with Crippen molar-refractivity contribution in [3.63, 3.8) is 0 Å². The number of urea groups is 1. The molecule has 0 aliphatic carbocycles. The molecule has 1 aromatic heterocycles. The molecule has 2 heterocycles. The number of carbonyl (C=O) groups excluding carboxylic acids is 1. The summed E-state index contributed by atoms with van der Waals surface area (Å²) in [6.07, 6.45) is 1.72. The molecule has 1 aliphatic heterocycles. The highest BCUT2D eigenvalue weighted by Gasteiger charge is 2.17. The molecule has 4 rings (SSSR count). The number of piperazine rings is 1. The van der Waals surface area contributed by atoms with E-state index in [2.05, 4.69) is 20.4 Å². The lowest BCUT2D eigenvalue weighted by atomic mass is 10.1. The van der Waals surface area contributed by atoms with Gasteiger partial charge in [0.15, 0.2) is 0 Å².